The van der Waals surface area contributed by atoms with Crippen LogP contribution in [-0.2, 0) is 12.8 Å². The van der Waals surface area contributed by atoms with E-state index < -0.39 is 0 Å². The highest BCUT2D eigenvalue weighted by Gasteiger charge is 2.19. The van der Waals surface area contributed by atoms with Crippen molar-refractivity contribution in [2.24, 2.45) is 0 Å². The number of hydrogen-bond donors (Lipinski definition) is 0. The van der Waals surface area contributed by atoms with Crippen LogP contribution in [-0.4, -0.2) is 18.6 Å². The molecule has 1 aromatic heterocycles. The van der Waals surface area contributed by atoms with Gasteiger partial charge in [-0.15, -0.1) is 11.3 Å². The van der Waals surface area contributed by atoms with Crippen molar-refractivity contribution in [3.05, 3.63) is 9.88 Å². The van der Waals surface area contributed by atoms with E-state index in [2.05, 4.69) is 23.9 Å². The maximum atomic E-state index is 4.53. The van der Waals surface area contributed by atoms with Crippen LogP contribution in [0.5, 0.6) is 0 Å². The van der Waals surface area contributed by atoms with Crippen LogP contribution in [0.25, 0.3) is 0 Å². The lowest BCUT2D eigenvalue weighted by Gasteiger charge is -2.07. The Morgan fingerprint density at radius 3 is 3.09 bits per heavy atom. The predicted octanol–water partition coefficient (Wildman–Crippen LogP) is 1.70. The van der Waals surface area contributed by atoms with Crippen molar-refractivity contribution in [3.8, 4) is 0 Å². The molecular weight excluding hydrogens is 156 g/mol. The van der Waals surface area contributed by atoms with Crippen LogP contribution < -0.4 is 4.90 Å². The van der Waals surface area contributed by atoms with Gasteiger partial charge in [0.25, 0.3) is 0 Å². The molecule has 0 aliphatic carbocycles. The molecular formula is C8H12N2S. The van der Waals surface area contributed by atoms with Crippen LogP contribution in [0.3, 0.4) is 0 Å². The van der Waals surface area contributed by atoms with Gasteiger partial charge in [0.1, 0.15) is 5.82 Å². The van der Waals surface area contributed by atoms with Gasteiger partial charge in [-0.3, -0.25) is 0 Å². The normalized spacial score (nSPS) is 15.6. The fourth-order valence-corrected chi connectivity index (χ4v) is 2.43. The van der Waals surface area contributed by atoms with E-state index in [4.69, 9.17) is 0 Å². The third-order valence-corrected chi connectivity index (χ3v) is 3.31. The second-order valence-corrected chi connectivity index (χ2v) is 4.05. The first kappa shape index (κ1) is 7.10. The van der Waals surface area contributed by atoms with Crippen molar-refractivity contribution in [2.45, 2.75) is 19.8 Å². The molecule has 60 valence electrons. The first-order chi connectivity index (χ1) is 5.31. The highest BCUT2D eigenvalue weighted by molar-refractivity contribution is 7.12. The van der Waals surface area contributed by atoms with Gasteiger partial charge in [-0.1, -0.05) is 6.92 Å². The summed E-state index contributed by atoms with van der Waals surface area (Å²) in [6.45, 7) is 3.31. The molecule has 0 saturated heterocycles. The van der Waals surface area contributed by atoms with Gasteiger partial charge in [0.05, 0.1) is 9.88 Å². The topological polar surface area (TPSA) is 16.1 Å². The van der Waals surface area contributed by atoms with E-state index in [1.807, 2.05) is 11.3 Å². The number of aromatic nitrogens is 1. The van der Waals surface area contributed by atoms with Crippen molar-refractivity contribution >= 4 is 17.2 Å². The summed E-state index contributed by atoms with van der Waals surface area (Å²) in [6.07, 6.45) is 2.27. The summed E-state index contributed by atoms with van der Waals surface area (Å²) in [7, 11) is 2.12. The number of likely N-dealkylation sites (N-methyl/N-ethyl adjacent to an activating group) is 1. The third kappa shape index (κ3) is 1.03. The molecule has 0 aromatic carbocycles. The first-order valence-corrected chi connectivity index (χ1v) is 4.82. The monoisotopic (exact) mass is 168 g/mol. The Balaban J connectivity index is 2.38. The van der Waals surface area contributed by atoms with E-state index in [1.54, 1.807) is 0 Å². The molecule has 0 atom stereocenters. The van der Waals surface area contributed by atoms with Gasteiger partial charge < -0.3 is 4.90 Å². The Morgan fingerprint density at radius 1 is 1.64 bits per heavy atom. The SMILES string of the molecule is CCc1nc2c(s1)CCN2C. The third-order valence-electron chi connectivity index (χ3n) is 2.06. The van der Waals surface area contributed by atoms with Gasteiger partial charge >= 0.3 is 0 Å². The molecule has 2 nitrogen and oxygen atoms in total. The highest BCUT2D eigenvalue weighted by Crippen LogP contribution is 2.31. The summed E-state index contributed by atoms with van der Waals surface area (Å²) in [5, 5.41) is 1.28. The zero-order valence-corrected chi connectivity index (χ0v) is 7.74. The molecule has 0 unspecified atom stereocenters. The number of rotatable bonds is 1. The average Bonchev–Trinajstić information content (AvgIpc) is 2.53. The van der Waals surface area contributed by atoms with Gasteiger partial charge in [0, 0.05) is 20.0 Å². The molecule has 2 heterocycles. The van der Waals surface area contributed by atoms with Crippen molar-refractivity contribution in [2.75, 3.05) is 18.5 Å². The summed E-state index contributed by atoms with van der Waals surface area (Å²) < 4.78 is 0. The summed E-state index contributed by atoms with van der Waals surface area (Å²) in [5.41, 5.74) is 0. The molecule has 0 N–H and O–H groups in total. The lowest BCUT2D eigenvalue weighted by molar-refractivity contribution is 0.936. The molecule has 1 aliphatic rings. The molecule has 0 amide bonds. The Bertz CT molecular complexity index is 267. The van der Waals surface area contributed by atoms with E-state index in [0.717, 1.165) is 13.0 Å². The molecule has 0 saturated carbocycles. The second kappa shape index (κ2) is 2.48. The van der Waals surface area contributed by atoms with E-state index in [9.17, 15) is 0 Å². The van der Waals surface area contributed by atoms with Gasteiger partial charge in [0.2, 0.25) is 0 Å². The number of aryl methyl sites for hydroxylation is 1. The van der Waals surface area contributed by atoms with Crippen LogP contribution in [0.4, 0.5) is 5.82 Å². The van der Waals surface area contributed by atoms with Crippen LogP contribution in [0.15, 0.2) is 0 Å². The predicted molar refractivity (Wildman–Crippen MR) is 48.5 cm³/mol. The van der Waals surface area contributed by atoms with Crippen LogP contribution in [0.2, 0.25) is 0 Å². The molecule has 3 heteroatoms. The van der Waals surface area contributed by atoms with Crippen molar-refractivity contribution < 1.29 is 0 Å². The summed E-state index contributed by atoms with van der Waals surface area (Å²) in [5.74, 6) is 1.23. The maximum Gasteiger partial charge on any atom is 0.142 e. The van der Waals surface area contributed by atoms with Gasteiger partial charge in [-0.2, -0.15) is 0 Å². The molecule has 0 spiro atoms. The van der Waals surface area contributed by atoms with E-state index in [0.29, 0.717) is 0 Å². The van der Waals surface area contributed by atoms with Crippen LogP contribution >= 0.6 is 11.3 Å². The van der Waals surface area contributed by atoms with Crippen molar-refractivity contribution in [1.29, 1.82) is 0 Å². The standard InChI is InChI=1S/C8H12N2S/c1-3-7-9-8-6(11-7)4-5-10(8)2/h3-5H2,1-2H3. The molecule has 0 radical (unpaired) electrons. The molecule has 1 aromatic rings. The summed E-state index contributed by atoms with van der Waals surface area (Å²) in [4.78, 5) is 8.25. The molecule has 2 rings (SSSR count). The van der Waals surface area contributed by atoms with E-state index in [-0.39, 0.29) is 0 Å². The second-order valence-electron chi connectivity index (χ2n) is 2.88. The fourth-order valence-electron chi connectivity index (χ4n) is 1.38. The van der Waals surface area contributed by atoms with Crippen molar-refractivity contribution in [1.82, 2.24) is 4.98 Å². The minimum atomic E-state index is 1.07. The van der Waals surface area contributed by atoms with Crippen LogP contribution in [0, 0.1) is 0 Å². The smallest absolute Gasteiger partial charge is 0.142 e. The maximum absolute atomic E-state index is 4.53. The Hall–Kier alpha value is -0.570. The molecule has 11 heavy (non-hydrogen) atoms. The molecule has 0 bridgehead atoms. The van der Waals surface area contributed by atoms with Gasteiger partial charge in [0.15, 0.2) is 0 Å². The largest absolute Gasteiger partial charge is 0.358 e. The fraction of sp³-hybridized carbons (Fsp3) is 0.625. The minimum Gasteiger partial charge on any atom is -0.358 e. The lowest BCUT2D eigenvalue weighted by Crippen LogP contribution is -2.13. The zero-order chi connectivity index (χ0) is 7.84. The Morgan fingerprint density at radius 2 is 2.45 bits per heavy atom. The summed E-state index contributed by atoms with van der Waals surface area (Å²) >= 11 is 1.87. The van der Waals surface area contributed by atoms with Gasteiger partial charge in [-0.25, -0.2) is 4.98 Å². The Kier molecular flexibility index (Phi) is 1.60. The lowest BCUT2D eigenvalue weighted by atomic mass is 10.4. The molecule has 0 fully saturated rings. The zero-order valence-electron chi connectivity index (χ0n) is 6.92. The first-order valence-electron chi connectivity index (χ1n) is 4.01. The number of thiazole rings is 1. The number of fused-ring (bicyclic) bond motifs is 1. The van der Waals surface area contributed by atoms with Crippen LogP contribution in [0.1, 0.15) is 16.8 Å². The quantitative estimate of drug-likeness (QED) is 0.634. The van der Waals surface area contributed by atoms with E-state index in [1.165, 1.54) is 22.1 Å². The summed E-state index contributed by atoms with van der Waals surface area (Å²) in [6, 6.07) is 0. The van der Waals surface area contributed by atoms with Crippen molar-refractivity contribution in [3.63, 3.8) is 0 Å². The minimum absolute atomic E-state index is 1.07. The van der Waals surface area contributed by atoms with E-state index >= 15 is 0 Å². The van der Waals surface area contributed by atoms with Gasteiger partial charge in [-0.05, 0) is 6.42 Å². The Labute approximate surface area is 70.9 Å². The number of anilines is 1. The highest BCUT2D eigenvalue weighted by atomic mass is 32.1. The number of nitrogens with zero attached hydrogens (tertiary/aromatic N) is 2. The number of hydrogen-bond acceptors (Lipinski definition) is 3. The molecule has 1 aliphatic heterocycles. The average molecular weight is 168 g/mol.